The Morgan fingerprint density at radius 1 is 0.897 bits per heavy atom. The maximum Gasteiger partial charge on any atom is 0.300 e. The van der Waals surface area contributed by atoms with Crippen molar-refractivity contribution in [1.29, 1.82) is 0 Å². The molecule has 1 amide bonds. The van der Waals surface area contributed by atoms with E-state index >= 15 is 0 Å². The smallest absolute Gasteiger partial charge is 0.300 e. The summed E-state index contributed by atoms with van der Waals surface area (Å²) < 4.78 is 5.79. The zero-order chi connectivity index (χ0) is 28.3. The minimum absolute atomic E-state index is 0.0816. The first kappa shape index (κ1) is 28.0. The van der Waals surface area contributed by atoms with Crippen molar-refractivity contribution < 1.29 is 19.4 Å². The van der Waals surface area contributed by atoms with Crippen LogP contribution in [-0.2, 0) is 9.59 Å². The van der Waals surface area contributed by atoms with Crippen LogP contribution in [0.3, 0.4) is 0 Å². The largest absolute Gasteiger partial charge is 0.507 e. The number of hydrogen-bond donors (Lipinski definition) is 1. The average Bonchev–Trinajstić information content (AvgIpc) is 3.20. The Balaban J connectivity index is 1.89. The second-order valence-electron chi connectivity index (χ2n) is 10.1. The summed E-state index contributed by atoms with van der Waals surface area (Å²) in [5.41, 5.74) is 5.73. The van der Waals surface area contributed by atoms with Crippen LogP contribution in [0.1, 0.15) is 61.1 Å². The maximum atomic E-state index is 13.6. The van der Waals surface area contributed by atoms with Crippen LogP contribution in [0.15, 0.2) is 66.2 Å². The lowest BCUT2D eigenvalue weighted by Crippen LogP contribution is -2.30. The third kappa shape index (κ3) is 5.42. The Hall–Kier alpha value is -4.06. The second kappa shape index (κ2) is 11.8. The third-order valence-electron chi connectivity index (χ3n) is 7.32. The van der Waals surface area contributed by atoms with Gasteiger partial charge in [-0.25, -0.2) is 0 Å². The Morgan fingerprint density at radius 3 is 2.21 bits per heavy atom. The number of aryl methyl sites for hydroxylation is 3. The molecule has 39 heavy (non-hydrogen) atoms. The van der Waals surface area contributed by atoms with Crippen molar-refractivity contribution in [3.63, 3.8) is 0 Å². The fraction of sp³-hybridized carbons (Fsp3) is 0.333. The predicted molar refractivity (Wildman–Crippen MR) is 158 cm³/mol. The Morgan fingerprint density at radius 2 is 1.59 bits per heavy atom. The lowest BCUT2D eigenvalue weighted by Gasteiger charge is -2.28. The molecule has 0 saturated carbocycles. The van der Waals surface area contributed by atoms with E-state index in [1.165, 1.54) is 4.90 Å². The van der Waals surface area contributed by atoms with E-state index in [2.05, 4.69) is 18.7 Å². The van der Waals surface area contributed by atoms with Crippen LogP contribution >= 0.6 is 0 Å². The normalized spacial score (nSPS) is 16.6. The van der Waals surface area contributed by atoms with E-state index in [1.807, 2.05) is 70.2 Å². The summed E-state index contributed by atoms with van der Waals surface area (Å²) in [6, 6.07) is 18.3. The molecular formula is C33H38N2O4. The zero-order valence-corrected chi connectivity index (χ0v) is 23.7. The van der Waals surface area contributed by atoms with Crippen LogP contribution in [0.25, 0.3) is 5.76 Å². The fourth-order valence-electron chi connectivity index (χ4n) is 5.16. The number of carbonyl (C=O) groups excluding carboxylic acids is 2. The van der Waals surface area contributed by atoms with Gasteiger partial charge in [-0.1, -0.05) is 31.2 Å². The minimum atomic E-state index is -0.771. The number of rotatable bonds is 9. The van der Waals surface area contributed by atoms with Crippen LogP contribution in [0.5, 0.6) is 5.75 Å². The van der Waals surface area contributed by atoms with Gasteiger partial charge in [0.25, 0.3) is 11.7 Å². The molecule has 204 valence electrons. The number of ether oxygens (including phenoxy) is 1. The number of anilines is 2. The van der Waals surface area contributed by atoms with Gasteiger partial charge in [-0.15, -0.1) is 0 Å². The Labute approximate surface area is 231 Å². The van der Waals surface area contributed by atoms with Gasteiger partial charge in [0.05, 0.1) is 18.2 Å². The number of amides is 1. The molecule has 1 atom stereocenters. The molecule has 1 aliphatic rings. The monoisotopic (exact) mass is 526 g/mol. The molecule has 6 heteroatoms. The van der Waals surface area contributed by atoms with Crippen molar-refractivity contribution >= 4 is 28.8 Å². The highest BCUT2D eigenvalue weighted by Crippen LogP contribution is 2.44. The van der Waals surface area contributed by atoms with Gasteiger partial charge in [0.15, 0.2) is 0 Å². The van der Waals surface area contributed by atoms with Crippen molar-refractivity contribution in [2.75, 3.05) is 29.5 Å². The van der Waals surface area contributed by atoms with E-state index < -0.39 is 17.7 Å². The molecule has 1 unspecified atom stereocenters. The molecule has 1 aliphatic heterocycles. The molecule has 1 fully saturated rings. The van der Waals surface area contributed by atoms with E-state index in [-0.39, 0.29) is 11.3 Å². The number of Topliss-reactive ketones (excluding diaryl/α,β-unsaturated/α-hetero) is 1. The minimum Gasteiger partial charge on any atom is -0.507 e. The summed E-state index contributed by atoms with van der Waals surface area (Å²) in [4.78, 5) is 31.0. The molecule has 0 aliphatic carbocycles. The van der Waals surface area contributed by atoms with Crippen molar-refractivity contribution in [2.24, 2.45) is 0 Å². The van der Waals surface area contributed by atoms with Crippen molar-refractivity contribution in [2.45, 2.75) is 54.0 Å². The lowest BCUT2D eigenvalue weighted by molar-refractivity contribution is -0.132. The fourth-order valence-corrected chi connectivity index (χ4v) is 5.16. The van der Waals surface area contributed by atoms with Crippen molar-refractivity contribution in [3.8, 4) is 5.75 Å². The highest BCUT2D eigenvalue weighted by Gasteiger charge is 2.47. The number of aliphatic hydroxyl groups excluding tert-OH is 1. The molecule has 3 aromatic rings. The first-order valence-corrected chi connectivity index (χ1v) is 13.7. The van der Waals surface area contributed by atoms with Gasteiger partial charge >= 0.3 is 0 Å². The molecule has 0 spiro atoms. The Kier molecular flexibility index (Phi) is 8.44. The first-order valence-electron chi connectivity index (χ1n) is 13.7. The van der Waals surface area contributed by atoms with Gasteiger partial charge in [0, 0.05) is 30.0 Å². The topological polar surface area (TPSA) is 70.1 Å². The molecular weight excluding hydrogens is 488 g/mol. The number of carbonyl (C=O) groups is 2. The zero-order valence-electron chi connectivity index (χ0n) is 23.7. The van der Waals surface area contributed by atoms with Crippen LogP contribution in [0, 0.1) is 20.8 Å². The first-order chi connectivity index (χ1) is 18.7. The molecule has 1 saturated heterocycles. The second-order valence-corrected chi connectivity index (χ2v) is 10.1. The lowest BCUT2D eigenvalue weighted by atomic mass is 9.94. The molecule has 0 aromatic heterocycles. The number of hydrogen-bond acceptors (Lipinski definition) is 5. The van der Waals surface area contributed by atoms with Gasteiger partial charge in [-0.3, -0.25) is 14.5 Å². The molecule has 3 aromatic carbocycles. The summed E-state index contributed by atoms with van der Waals surface area (Å²) >= 11 is 0. The van der Waals surface area contributed by atoms with Crippen LogP contribution in [0.2, 0.25) is 0 Å². The molecule has 0 bridgehead atoms. The van der Waals surface area contributed by atoms with Gasteiger partial charge in [-0.2, -0.15) is 0 Å². The van der Waals surface area contributed by atoms with Gasteiger partial charge < -0.3 is 14.7 Å². The van der Waals surface area contributed by atoms with E-state index in [9.17, 15) is 14.7 Å². The van der Waals surface area contributed by atoms with E-state index in [0.29, 0.717) is 17.9 Å². The van der Waals surface area contributed by atoms with Crippen molar-refractivity contribution in [1.82, 2.24) is 0 Å². The number of ketones is 1. The quantitative estimate of drug-likeness (QED) is 0.187. The van der Waals surface area contributed by atoms with Crippen LogP contribution < -0.4 is 14.5 Å². The SMILES string of the molecule is CCCOc1ccc(/C(O)=C2/C(=O)C(=O)N(c3cc(C)ccc3C)C2c2ccc(N(CC)CC)cc2)cc1C. The standard InChI is InChI=1S/C33H38N2O4/c1-7-18-39-28-17-14-25(20-23(28)6)31(36)29-30(24-12-15-26(16-13-24)34(8-2)9-3)35(33(38)32(29)37)27-19-21(4)10-11-22(27)5/h10-17,19-20,30,36H,7-9,18H2,1-6H3/b31-29-. The molecule has 1 heterocycles. The van der Waals surface area contributed by atoms with Gasteiger partial charge in [0.1, 0.15) is 11.5 Å². The summed E-state index contributed by atoms with van der Waals surface area (Å²) in [7, 11) is 0. The highest BCUT2D eigenvalue weighted by atomic mass is 16.5. The van der Waals surface area contributed by atoms with Gasteiger partial charge in [-0.05, 0) is 99.7 Å². The van der Waals surface area contributed by atoms with E-state index in [4.69, 9.17) is 4.74 Å². The number of nitrogens with zero attached hydrogens (tertiary/aromatic N) is 2. The maximum absolute atomic E-state index is 13.6. The Bertz CT molecular complexity index is 1400. The number of benzene rings is 3. The average molecular weight is 527 g/mol. The third-order valence-corrected chi connectivity index (χ3v) is 7.32. The summed E-state index contributed by atoms with van der Waals surface area (Å²) in [5.74, 6) is -0.810. The predicted octanol–water partition coefficient (Wildman–Crippen LogP) is 6.87. The summed E-state index contributed by atoms with van der Waals surface area (Å²) in [6.45, 7) is 14.4. The number of aliphatic hydroxyl groups is 1. The molecule has 0 radical (unpaired) electrons. The highest BCUT2D eigenvalue weighted by molar-refractivity contribution is 6.51. The summed E-state index contributed by atoms with van der Waals surface area (Å²) in [6.07, 6.45) is 0.885. The van der Waals surface area contributed by atoms with Crippen LogP contribution in [0.4, 0.5) is 11.4 Å². The molecule has 6 nitrogen and oxygen atoms in total. The summed E-state index contributed by atoms with van der Waals surface area (Å²) in [5, 5.41) is 11.6. The van der Waals surface area contributed by atoms with E-state index in [1.54, 1.807) is 18.2 Å². The van der Waals surface area contributed by atoms with E-state index in [0.717, 1.165) is 53.2 Å². The van der Waals surface area contributed by atoms with Crippen molar-refractivity contribution in [3.05, 3.63) is 94.1 Å². The molecule has 4 rings (SSSR count). The molecule has 1 N–H and O–H groups in total. The van der Waals surface area contributed by atoms with Crippen LogP contribution in [-0.4, -0.2) is 36.5 Å². The van der Waals surface area contributed by atoms with Gasteiger partial charge in [0.2, 0.25) is 0 Å².